The highest BCUT2D eigenvalue weighted by molar-refractivity contribution is 7.13. The second-order valence-corrected chi connectivity index (χ2v) is 23.6. The van der Waals surface area contributed by atoms with E-state index in [0.717, 1.165) is 82.8 Å². The second kappa shape index (κ2) is 31.1. The number of carbonyl (C=O) groups is 4. The number of carbonyl (C=O) groups excluding carboxylic acids is 4. The van der Waals surface area contributed by atoms with E-state index >= 15 is 0 Å². The number of pyridine rings is 1. The van der Waals surface area contributed by atoms with Crippen molar-refractivity contribution in [2.75, 3.05) is 128 Å². The lowest BCUT2D eigenvalue weighted by molar-refractivity contribution is -0.144. The number of fused-ring (bicyclic) bond motifs is 1. The summed E-state index contributed by atoms with van der Waals surface area (Å²) in [7, 11) is 0. The molecule has 0 saturated carbocycles. The largest absolute Gasteiger partial charge is 0.391 e. The Bertz CT molecular complexity index is 3170. The van der Waals surface area contributed by atoms with Crippen LogP contribution in [0, 0.1) is 18.2 Å². The molecule has 6 aromatic rings. The van der Waals surface area contributed by atoms with E-state index in [1.165, 1.54) is 11.0 Å². The summed E-state index contributed by atoms with van der Waals surface area (Å²) < 4.78 is 44.0. The van der Waals surface area contributed by atoms with Crippen LogP contribution in [0.15, 0.2) is 90.6 Å². The Hall–Kier alpha value is -7.03. The Kier molecular flexibility index (Phi) is 22.9. The quantitative estimate of drug-likeness (QED) is 0.0423. The summed E-state index contributed by atoms with van der Waals surface area (Å²) in [5, 5.41) is 24.3. The molecule has 86 heavy (non-hydrogen) atoms. The third kappa shape index (κ3) is 17.6. The van der Waals surface area contributed by atoms with Gasteiger partial charge >= 0.3 is 0 Å². The first-order chi connectivity index (χ1) is 41.7. The van der Waals surface area contributed by atoms with Crippen LogP contribution in [0.25, 0.3) is 27.5 Å². The average Bonchev–Trinajstić information content (AvgIpc) is 2.65. The van der Waals surface area contributed by atoms with E-state index in [4.69, 9.17) is 33.8 Å². The highest BCUT2D eigenvalue weighted by Crippen LogP contribution is 2.36. The van der Waals surface area contributed by atoms with E-state index in [1.54, 1.807) is 29.7 Å². The van der Waals surface area contributed by atoms with Crippen LogP contribution in [0.5, 0.6) is 0 Å². The summed E-state index contributed by atoms with van der Waals surface area (Å²) in [4.78, 5) is 76.3. The van der Waals surface area contributed by atoms with Crippen molar-refractivity contribution in [1.29, 1.82) is 0 Å². The van der Waals surface area contributed by atoms with Gasteiger partial charge in [0.1, 0.15) is 35.2 Å². The molecule has 4 N–H and O–H groups in total. The maximum Gasteiger partial charge on any atom is 0.246 e. The summed E-state index contributed by atoms with van der Waals surface area (Å²) in [6.07, 6.45) is 2.97. The van der Waals surface area contributed by atoms with Gasteiger partial charge in [0, 0.05) is 65.2 Å². The van der Waals surface area contributed by atoms with Gasteiger partial charge in [0.25, 0.3) is 0 Å². The van der Waals surface area contributed by atoms with Crippen molar-refractivity contribution in [3.05, 3.63) is 113 Å². The molecular weight excluding hydrogens is 1120 g/mol. The molecule has 0 bridgehead atoms. The van der Waals surface area contributed by atoms with Crippen molar-refractivity contribution in [1.82, 2.24) is 50.3 Å². The average molecular weight is 1210 g/mol. The molecule has 7 heterocycles. The molecule has 4 atom stereocenters. The molecule has 3 fully saturated rings. The number of aryl methyl sites for hydroxylation is 1. The van der Waals surface area contributed by atoms with E-state index in [9.17, 15) is 28.7 Å². The number of halogens is 1. The number of ether oxygens (including phenoxy) is 5. The van der Waals surface area contributed by atoms with Crippen molar-refractivity contribution in [3.8, 4) is 21.8 Å². The number of amides is 4. The molecule has 4 aromatic heterocycles. The highest BCUT2D eigenvalue weighted by Gasteiger charge is 2.44. The summed E-state index contributed by atoms with van der Waals surface area (Å²) in [5.74, 6) is 0.205. The number of piperazine rings is 1. The van der Waals surface area contributed by atoms with Gasteiger partial charge in [0.2, 0.25) is 23.6 Å². The molecule has 3 aliphatic rings. The number of imidazole rings is 1. The number of benzene rings is 2. The van der Waals surface area contributed by atoms with Crippen molar-refractivity contribution in [3.63, 3.8) is 0 Å². The summed E-state index contributed by atoms with van der Waals surface area (Å²) in [5.41, 5.74) is 7.24. The molecule has 0 spiro atoms. The van der Waals surface area contributed by atoms with Gasteiger partial charge in [-0.25, -0.2) is 23.9 Å². The number of nitrogens with one attached hydrogen (secondary N) is 3. The smallest absolute Gasteiger partial charge is 0.246 e. The van der Waals surface area contributed by atoms with E-state index in [0.29, 0.717) is 84.7 Å². The summed E-state index contributed by atoms with van der Waals surface area (Å²) in [6.45, 7) is 15.5. The Morgan fingerprint density at radius 3 is 2.16 bits per heavy atom. The zero-order valence-electron chi connectivity index (χ0n) is 49.7. The second-order valence-electron chi connectivity index (χ2n) is 22.8. The van der Waals surface area contributed by atoms with E-state index in [-0.39, 0.29) is 68.7 Å². The normalized spacial score (nSPS) is 17.8. The Morgan fingerprint density at radius 1 is 0.779 bits per heavy atom. The van der Waals surface area contributed by atoms with Crippen molar-refractivity contribution >= 4 is 52.2 Å². The lowest BCUT2D eigenvalue weighted by atomic mass is 9.85. The predicted octanol–water partition coefficient (Wildman–Crippen LogP) is 5.22. The molecule has 2 aromatic carbocycles. The first-order valence-corrected chi connectivity index (χ1v) is 30.6. The number of anilines is 2. The SMILES string of the molecule is Cc1ncsc1-c1ccc(CNC(=O)[C@@H]2C[C@@H](O)CN2C(=O)[C@@H](NC(=O)CCOCCOCCOCCOCCOCCNC(=O)CN2CCN(c3cccc(-c4cnc5ccc(N6CCC[C@@H]6c6cccc(F)c6)nn45)n3)CC2)C(C)(C)C)cc1. The first-order valence-electron chi connectivity index (χ1n) is 29.7. The zero-order chi connectivity index (χ0) is 60.4. The molecule has 3 aliphatic heterocycles. The molecule has 0 unspecified atom stereocenters. The molecule has 462 valence electrons. The summed E-state index contributed by atoms with van der Waals surface area (Å²) in [6, 6.07) is 22.8. The van der Waals surface area contributed by atoms with Crippen LogP contribution >= 0.6 is 11.3 Å². The van der Waals surface area contributed by atoms with Gasteiger partial charge in [-0.05, 0) is 78.3 Å². The minimum absolute atomic E-state index is 0.0104. The number of β-amino-alcohol motifs (C(OH)–C–C–N with tert-alkyl or cyclic N) is 1. The van der Waals surface area contributed by atoms with Gasteiger partial charge in [-0.2, -0.15) is 0 Å². The number of aromatic nitrogens is 5. The van der Waals surface area contributed by atoms with Crippen LogP contribution in [0.4, 0.5) is 16.0 Å². The van der Waals surface area contributed by atoms with E-state index in [1.807, 2.05) is 98.4 Å². The predicted molar refractivity (Wildman–Crippen MR) is 324 cm³/mol. The maximum absolute atomic E-state index is 14.1. The number of likely N-dealkylation sites (tertiary alicyclic amines) is 1. The van der Waals surface area contributed by atoms with Crippen molar-refractivity contribution in [2.24, 2.45) is 5.41 Å². The van der Waals surface area contributed by atoms with Crippen molar-refractivity contribution < 1.29 is 52.4 Å². The third-order valence-electron chi connectivity index (χ3n) is 15.4. The molecule has 0 radical (unpaired) electrons. The topological polar surface area (TPSA) is 240 Å². The van der Waals surface area contributed by atoms with Gasteiger partial charge in [0.05, 0.1) is 113 Å². The molecule has 3 saturated heterocycles. The zero-order valence-corrected chi connectivity index (χ0v) is 50.5. The van der Waals surface area contributed by atoms with Crippen molar-refractivity contribution in [2.45, 2.75) is 84.2 Å². The van der Waals surface area contributed by atoms with Gasteiger partial charge in [-0.15, -0.1) is 16.4 Å². The number of rotatable bonds is 30. The molecule has 24 heteroatoms. The van der Waals surface area contributed by atoms with Crippen LogP contribution < -0.4 is 25.8 Å². The number of hydrogen-bond donors (Lipinski definition) is 4. The number of nitrogens with zero attached hydrogens (tertiary/aromatic N) is 9. The number of hydrogen-bond acceptors (Lipinski definition) is 18. The van der Waals surface area contributed by atoms with Gasteiger partial charge < -0.3 is 59.4 Å². The first kappa shape index (κ1) is 63.5. The van der Waals surface area contributed by atoms with Crippen LogP contribution in [0.1, 0.15) is 69.3 Å². The number of aliphatic hydroxyl groups is 1. The molecular formula is C62H81FN12O10S. The van der Waals surface area contributed by atoms with Crippen LogP contribution in [-0.4, -0.2) is 200 Å². The lowest BCUT2D eigenvalue weighted by Gasteiger charge is -2.35. The van der Waals surface area contributed by atoms with E-state index < -0.39 is 29.5 Å². The fraction of sp³-hybridized carbons (Fsp3) is 0.516. The van der Waals surface area contributed by atoms with Crippen LogP contribution in [-0.2, 0) is 49.4 Å². The summed E-state index contributed by atoms with van der Waals surface area (Å²) >= 11 is 1.57. The van der Waals surface area contributed by atoms with E-state index in [2.05, 4.69) is 40.6 Å². The van der Waals surface area contributed by atoms with Gasteiger partial charge in [-0.3, -0.25) is 24.1 Å². The monoisotopic (exact) mass is 1200 g/mol. The number of thiazole rings is 1. The van der Waals surface area contributed by atoms with Crippen LogP contribution in [0.3, 0.4) is 0 Å². The maximum atomic E-state index is 14.1. The lowest BCUT2D eigenvalue weighted by Crippen LogP contribution is -2.57. The molecule has 4 amide bonds. The molecule has 0 aliphatic carbocycles. The van der Waals surface area contributed by atoms with Gasteiger partial charge in [-0.1, -0.05) is 63.2 Å². The highest BCUT2D eigenvalue weighted by atomic mass is 32.1. The van der Waals surface area contributed by atoms with Crippen LogP contribution in [0.2, 0.25) is 0 Å². The van der Waals surface area contributed by atoms with Gasteiger partial charge in [0.15, 0.2) is 5.65 Å². The standard InChI is InChI=1S/C62H81FN12O10S/c1-43-58(86-42-67-43)45-15-13-44(14-16-45)38-66-60(79)51-37-48(76)40-74(51)61(80)59(62(2,3)4)69-56(77)19-26-81-28-30-83-32-34-85-35-33-84-31-29-82-27-20-64-57(78)41-71-22-24-72(25-23-71)54-12-6-10-49(68-54)52-39-65-53-17-18-55(70-75(52)53)73-21-7-11-50(73)46-8-5-9-47(63)36-46/h5-6,8-10,12-18,36,39,42,48,50-51,59,76H,7,11,19-35,37-38,40-41H2,1-4H3,(H,64,78)(H,66,79)(H,69,77)/t48-,50-,51+,59-/m1/s1. The third-order valence-corrected chi connectivity index (χ3v) is 16.4. The molecule has 9 rings (SSSR count). The Morgan fingerprint density at radius 2 is 1.48 bits per heavy atom. The Balaban J connectivity index is 0.564. The molecule has 22 nitrogen and oxygen atoms in total. The fourth-order valence-electron chi connectivity index (χ4n) is 10.9. The minimum Gasteiger partial charge on any atom is -0.391 e. The number of aliphatic hydroxyl groups excluding tert-OH is 1. The minimum atomic E-state index is -0.936. The Labute approximate surface area is 505 Å². The fourth-order valence-corrected chi connectivity index (χ4v) is 11.7.